The van der Waals surface area contributed by atoms with Gasteiger partial charge in [0.05, 0.1) is 0 Å². The van der Waals surface area contributed by atoms with E-state index < -0.39 is 0 Å². The summed E-state index contributed by atoms with van der Waals surface area (Å²) in [6.45, 7) is 7.43. The summed E-state index contributed by atoms with van der Waals surface area (Å²) in [4.78, 5) is 8.49. The van der Waals surface area contributed by atoms with Gasteiger partial charge in [0.1, 0.15) is 18.0 Å². The average Bonchev–Trinajstić information content (AvgIpc) is 2.46. The molecule has 0 spiro atoms. The predicted octanol–water partition coefficient (Wildman–Crippen LogP) is 4.17. The number of para-hydroxylation sites is 1. The fourth-order valence-corrected chi connectivity index (χ4v) is 2.03. The third-order valence-electron chi connectivity index (χ3n) is 3.07. The molecule has 0 unspecified atom stereocenters. The van der Waals surface area contributed by atoms with Crippen molar-refractivity contribution in [3.8, 4) is 0 Å². The fraction of sp³-hybridized carbons (Fsp3) is 0.375. The van der Waals surface area contributed by atoms with Crippen LogP contribution in [0.5, 0.6) is 0 Å². The van der Waals surface area contributed by atoms with Crippen LogP contribution in [0.15, 0.2) is 36.7 Å². The Hall–Kier alpha value is -2.10. The number of hydrogen-bond acceptors (Lipinski definition) is 4. The quantitative estimate of drug-likeness (QED) is 0.827. The Labute approximate surface area is 120 Å². The Morgan fingerprint density at radius 1 is 1.10 bits per heavy atom. The molecule has 0 bridgehead atoms. The highest BCUT2D eigenvalue weighted by Crippen LogP contribution is 2.26. The van der Waals surface area contributed by atoms with E-state index in [1.54, 1.807) is 6.33 Å². The molecule has 4 nitrogen and oxygen atoms in total. The van der Waals surface area contributed by atoms with Gasteiger partial charge in [0, 0.05) is 18.3 Å². The highest BCUT2D eigenvalue weighted by molar-refractivity contribution is 5.63. The normalized spacial score (nSPS) is 10.6. The zero-order chi connectivity index (χ0) is 14.4. The van der Waals surface area contributed by atoms with Gasteiger partial charge in [-0.05, 0) is 24.0 Å². The maximum absolute atomic E-state index is 4.28. The van der Waals surface area contributed by atoms with Gasteiger partial charge in [-0.15, -0.1) is 0 Å². The Morgan fingerprint density at radius 2 is 1.85 bits per heavy atom. The van der Waals surface area contributed by atoms with E-state index in [2.05, 4.69) is 59.6 Å². The van der Waals surface area contributed by atoms with Gasteiger partial charge in [0.2, 0.25) is 0 Å². The maximum atomic E-state index is 4.28. The van der Waals surface area contributed by atoms with Crippen molar-refractivity contribution in [2.75, 3.05) is 17.2 Å². The molecule has 1 aromatic heterocycles. The van der Waals surface area contributed by atoms with E-state index in [0.717, 1.165) is 30.3 Å². The number of rotatable bonds is 6. The largest absolute Gasteiger partial charge is 0.370 e. The topological polar surface area (TPSA) is 49.8 Å². The van der Waals surface area contributed by atoms with Crippen molar-refractivity contribution in [1.29, 1.82) is 0 Å². The second-order valence-corrected chi connectivity index (χ2v) is 5.08. The van der Waals surface area contributed by atoms with Crippen molar-refractivity contribution >= 4 is 17.3 Å². The molecule has 0 saturated carbocycles. The third-order valence-corrected chi connectivity index (χ3v) is 3.07. The van der Waals surface area contributed by atoms with Gasteiger partial charge >= 0.3 is 0 Å². The van der Waals surface area contributed by atoms with Crippen LogP contribution in [0.1, 0.15) is 38.7 Å². The Balaban J connectivity index is 2.17. The summed E-state index contributed by atoms with van der Waals surface area (Å²) >= 11 is 0. The fourth-order valence-electron chi connectivity index (χ4n) is 2.03. The van der Waals surface area contributed by atoms with Gasteiger partial charge in [-0.25, -0.2) is 9.97 Å². The summed E-state index contributed by atoms with van der Waals surface area (Å²) in [6.07, 6.45) is 2.65. The summed E-state index contributed by atoms with van der Waals surface area (Å²) in [6, 6.07) is 10.3. The molecule has 1 heterocycles. The smallest absolute Gasteiger partial charge is 0.135 e. The summed E-state index contributed by atoms with van der Waals surface area (Å²) in [5.41, 5.74) is 2.39. The molecular weight excluding hydrogens is 248 g/mol. The van der Waals surface area contributed by atoms with Gasteiger partial charge in [0.15, 0.2) is 0 Å². The van der Waals surface area contributed by atoms with Crippen molar-refractivity contribution in [2.45, 2.75) is 33.1 Å². The number of hydrogen-bond donors (Lipinski definition) is 2. The highest BCUT2D eigenvalue weighted by atomic mass is 15.1. The van der Waals surface area contributed by atoms with Crippen LogP contribution in [0.25, 0.3) is 0 Å². The second kappa shape index (κ2) is 6.89. The first-order valence-corrected chi connectivity index (χ1v) is 7.12. The summed E-state index contributed by atoms with van der Waals surface area (Å²) in [5, 5.41) is 6.65. The molecular formula is C16H22N4. The molecule has 106 valence electrons. The van der Waals surface area contributed by atoms with E-state index >= 15 is 0 Å². The summed E-state index contributed by atoms with van der Waals surface area (Å²) < 4.78 is 0. The van der Waals surface area contributed by atoms with Crippen LogP contribution in [0.4, 0.5) is 17.3 Å². The van der Waals surface area contributed by atoms with Crippen LogP contribution in [0, 0.1) is 0 Å². The minimum atomic E-state index is 0.471. The first-order valence-electron chi connectivity index (χ1n) is 7.12. The van der Waals surface area contributed by atoms with E-state index in [4.69, 9.17) is 0 Å². The van der Waals surface area contributed by atoms with Crippen LogP contribution < -0.4 is 10.6 Å². The van der Waals surface area contributed by atoms with Gasteiger partial charge in [-0.3, -0.25) is 0 Å². The van der Waals surface area contributed by atoms with Crippen molar-refractivity contribution in [1.82, 2.24) is 9.97 Å². The van der Waals surface area contributed by atoms with E-state index in [9.17, 15) is 0 Å². The zero-order valence-corrected chi connectivity index (χ0v) is 12.4. The predicted molar refractivity (Wildman–Crippen MR) is 84.6 cm³/mol. The maximum Gasteiger partial charge on any atom is 0.135 e. The van der Waals surface area contributed by atoms with E-state index in [1.165, 1.54) is 5.56 Å². The molecule has 0 radical (unpaired) electrons. The lowest BCUT2D eigenvalue weighted by molar-refractivity contribution is 0.869. The third kappa shape index (κ3) is 3.70. The molecule has 20 heavy (non-hydrogen) atoms. The lowest BCUT2D eigenvalue weighted by atomic mass is 10.0. The van der Waals surface area contributed by atoms with E-state index in [0.29, 0.717) is 5.92 Å². The van der Waals surface area contributed by atoms with E-state index in [1.807, 2.05) is 12.1 Å². The van der Waals surface area contributed by atoms with Crippen LogP contribution in [-0.4, -0.2) is 16.5 Å². The molecule has 0 amide bonds. The summed E-state index contributed by atoms with van der Waals surface area (Å²) in [7, 11) is 0. The number of anilines is 3. The zero-order valence-electron chi connectivity index (χ0n) is 12.4. The second-order valence-electron chi connectivity index (χ2n) is 5.08. The summed E-state index contributed by atoms with van der Waals surface area (Å²) in [5.74, 6) is 2.14. The average molecular weight is 270 g/mol. The van der Waals surface area contributed by atoms with E-state index in [-0.39, 0.29) is 0 Å². The van der Waals surface area contributed by atoms with Crippen molar-refractivity contribution < 1.29 is 0 Å². The number of benzene rings is 1. The molecule has 0 atom stereocenters. The van der Waals surface area contributed by atoms with Gasteiger partial charge in [0.25, 0.3) is 0 Å². The molecule has 0 aliphatic carbocycles. The molecule has 0 aliphatic rings. The van der Waals surface area contributed by atoms with Crippen molar-refractivity contribution in [2.24, 2.45) is 0 Å². The van der Waals surface area contributed by atoms with Gasteiger partial charge < -0.3 is 10.6 Å². The lowest BCUT2D eigenvalue weighted by Crippen LogP contribution is -2.04. The minimum Gasteiger partial charge on any atom is -0.370 e. The van der Waals surface area contributed by atoms with Gasteiger partial charge in [-0.2, -0.15) is 0 Å². The molecule has 1 aromatic carbocycles. The van der Waals surface area contributed by atoms with Crippen LogP contribution in [-0.2, 0) is 0 Å². The first kappa shape index (κ1) is 14.3. The highest BCUT2D eigenvalue weighted by Gasteiger charge is 2.06. The Kier molecular flexibility index (Phi) is 4.93. The molecule has 2 aromatic rings. The van der Waals surface area contributed by atoms with Crippen molar-refractivity contribution in [3.05, 3.63) is 42.2 Å². The standard InChI is InChI=1S/C16H22N4/c1-4-9-17-15-10-16(19-11-18-15)20-14-8-6-5-7-13(14)12(2)3/h5-8,10-12H,4,9H2,1-3H3,(H2,17,18,19,20). The monoisotopic (exact) mass is 270 g/mol. The first-order chi connectivity index (χ1) is 9.70. The van der Waals surface area contributed by atoms with Crippen LogP contribution in [0.2, 0.25) is 0 Å². The van der Waals surface area contributed by atoms with Gasteiger partial charge in [-0.1, -0.05) is 39.0 Å². The SMILES string of the molecule is CCCNc1cc(Nc2ccccc2C(C)C)ncn1. The van der Waals surface area contributed by atoms with Crippen LogP contribution in [0.3, 0.4) is 0 Å². The lowest BCUT2D eigenvalue weighted by Gasteiger charge is -2.14. The molecule has 2 rings (SSSR count). The molecule has 0 fully saturated rings. The molecule has 4 heteroatoms. The number of aromatic nitrogens is 2. The number of nitrogens with zero attached hydrogens (tertiary/aromatic N) is 2. The molecule has 0 saturated heterocycles. The Bertz CT molecular complexity index is 552. The molecule has 0 aliphatic heterocycles. The Morgan fingerprint density at radius 3 is 2.60 bits per heavy atom. The van der Waals surface area contributed by atoms with Crippen molar-refractivity contribution in [3.63, 3.8) is 0 Å². The minimum absolute atomic E-state index is 0.471. The number of nitrogens with one attached hydrogen (secondary N) is 2. The molecule has 2 N–H and O–H groups in total. The van der Waals surface area contributed by atoms with Crippen LogP contribution >= 0.6 is 0 Å².